The average Bonchev–Trinajstić information content (AvgIpc) is 3.37. The summed E-state index contributed by atoms with van der Waals surface area (Å²) in [6.07, 6.45) is 1.07. The minimum atomic E-state index is -0.483. The standard InChI is InChI=1S/C19H19N3O4S/c23-16(20-10-8-14-4-2-1-3-5-14)12-25-18(24)7-6-17-21-19(22-26-17)15-9-11-27-13-15/h1-5,9,11,13H,6-8,10,12H2,(H,20,23). The molecule has 1 N–H and O–H groups in total. The zero-order chi connectivity index (χ0) is 18.9. The summed E-state index contributed by atoms with van der Waals surface area (Å²) in [5.41, 5.74) is 2.01. The summed E-state index contributed by atoms with van der Waals surface area (Å²) in [7, 11) is 0. The molecule has 0 radical (unpaired) electrons. The molecular weight excluding hydrogens is 366 g/mol. The van der Waals surface area contributed by atoms with Crippen molar-refractivity contribution in [1.29, 1.82) is 0 Å². The first-order chi connectivity index (χ1) is 13.2. The fourth-order valence-electron chi connectivity index (χ4n) is 2.33. The van der Waals surface area contributed by atoms with Crippen molar-refractivity contribution in [2.24, 2.45) is 0 Å². The molecule has 0 atom stereocenters. The highest BCUT2D eigenvalue weighted by Crippen LogP contribution is 2.19. The Morgan fingerprint density at radius 2 is 2.00 bits per heavy atom. The predicted octanol–water partition coefficient (Wildman–Crippen LogP) is 2.63. The van der Waals surface area contributed by atoms with Gasteiger partial charge in [-0.25, -0.2) is 0 Å². The fourth-order valence-corrected chi connectivity index (χ4v) is 2.97. The van der Waals surface area contributed by atoms with Crippen molar-refractivity contribution in [3.63, 3.8) is 0 Å². The van der Waals surface area contributed by atoms with E-state index in [2.05, 4.69) is 15.5 Å². The third kappa shape index (κ3) is 6.03. The third-order valence-corrected chi connectivity index (χ3v) is 4.42. The molecule has 27 heavy (non-hydrogen) atoms. The van der Waals surface area contributed by atoms with Crippen LogP contribution >= 0.6 is 11.3 Å². The van der Waals surface area contributed by atoms with Gasteiger partial charge in [-0.05, 0) is 23.4 Å². The van der Waals surface area contributed by atoms with Crippen LogP contribution in [0.3, 0.4) is 0 Å². The monoisotopic (exact) mass is 385 g/mol. The van der Waals surface area contributed by atoms with E-state index >= 15 is 0 Å². The Morgan fingerprint density at radius 1 is 1.15 bits per heavy atom. The molecule has 0 aliphatic carbocycles. The van der Waals surface area contributed by atoms with Gasteiger partial charge in [0.15, 0.2) is 6.61 Å². The molecule has 1 aromatic carbocycles. The molecule has 0 saturated heterocycles. The molecule has 8 heteroatoms. The number of hydrogen-bond acceptors (Lipinski definition) is 7. The Morgan fingerprint density at radius 3 is 2.78 bits per heavy atom. The molecule has 0 aliphatic rings. The average molecular weight is 385 g/mol. The van der Waals surface area contributed by atoms with Gasteiger partial charge < -0.3 is 14.6 Å². The number of carbonyl (C=O) groups excluding carboxylic acids is 2. The highest BCUT2D eigenvalue weighted by Gasteiger charge is 2.12. The first kappa shape index (κ1) is 18.8. The summed E-state index contributed by atoms with van der Waals surface area (Å²) in [5, 5.41) is 10.4. The Bertz CT molecular complexity index is 862. The van der Waals surface area contributed by atoms with Gasteiger partial charge in [-0.1, -0.05) is 35.5 Å². The van der Waals surface area contributed by atoms with Crippen LogP contribution in [-0.2, 0) is 27.2 Å². The Balaban J connectivity index is 1.32. The summed E-state index contributed by atoms with van der Waals surface area (Å²) < 4.78 is 10.1. The molecule has 0 unspecified atom stereocenters. The van der Waals surface area contributed by atoms with Crippen LogP contribution in [0.15, 0.2) is 51.7 Å². The van der Waals surface area contributed by atoms with Crippen molar-refractivity contribution in [3.05, 3.63) is 58.6 Å². The van der Waals surface area contributed by atoms with Crippen LogP contribution in [-0.4, -0.2) is 35.2 Å². The molecule has 0 fully saturated rings. The number of hydrogen-bond donors (Lipinski definition) is 1. The van der Waals surface area contributed by atoms with E-state index in [0.717, 1.165) is 17.5 Å². The summed E-state index contributed by atoms with van der Waals surface area (Å²) in [6, 6.07) is 11.7. The number of amides is 1. The lowest BCUT2D eigenvalue weighted by molar-refractivity contribution is -0.148. The number of ether oxygens (including phenoxy) is 1. The summed E-state index contributed by atoms with van der Waals surface area (Å²) in [4.78, 5) is 27.7. The van der Waals surface area contributed by atoms with Gasteiger partial charge in [0.2, 0.25) is 11.7 Å². The second-order valence-electron chi connectivity index (χ2n) is 5.77. The zero-order valence-electron chi connectivity index (χ0n) is 14.6. The number of rotatable bonds is 9. The quantitative estimate of drug-likeness (QED) is 0.569. The van der Waals surface area contributed by atoms with E-state index < -0.39 is 5.97 Å². The topological polar surface area (TPSA) is 94.3 Å². The van der Waals surface area contributed by atoms with Gasteiger partial charge in [0.25, 0.3) is 5.91 Å². The molecular formula is C19H19N3O4S. The number of benzene rings is 1. The number of nitrogens with one attached hydrogen (secondary N) is 1. The first-order valence-electron chi connectivity index (χ1n) is 8.52. The molecule has 2 aromatic heterocycles. The second-order valence-corrected chi connectivity index (χ2v) is 6.55. The lowest BCUT2D eigenvalue weighted by atomic mass is 10.1. The van der Waals surface area contributed by atoms with Crippen molar-refractivity contribution in [2.45, 2.75) is 19.3 Å². The second kappa shape index (κ2) is 9.63. The molecule has 0 bridgehead atoms. The van der Waals surface area contributed by atoms with Gasteiger partial charge in [-0.2, -0.15) is 16.3 Å². The molecule has 140 valence electrons. The van der Waals surface area contributed by atoms with E-state index in [-0.39, 0.29) is 25.4 Å². The maximum absolute atomic E-state index is 11.8. The normalized spacial score (nSPS) is 10.5. The maximum atomic E-state index is 11.8. The van der Waals surface area contributed by atoms with E-state index in [0.29, 0.717) is 18.3 Å². The molecule has 3 aromatic rings. The Kier molecular flexibility index (Phi) is 6.70. The highest BCUT2D eigenvalue weighted by molar-refractivity contribution is 7.08. The van der Waals surface area contributed by atoms with Crippen molar-refractivity contribution in [3.8, 4) is 11.4 Å². The van der Waals surface area contributed by atoms with Crippen molar-refractivity contribution in [2.75, 3.05) is 13.2 Å². The van der Waals surface area contributed by atoms with Crippen LogP contribution in [0.1, 0.15) is 17.9 Å². The van der Waals surface area contributed by atoms with Gasteiger partial charge in [0.1, 0.15) is 0 Å². The number of carbonyl (C=O) groups is 2. The molecule has 0 spiro atoms. The Hall–Kier alpha value is -3.00. The maximum Gasteiger partial charge on any atom is 0.306 e. The van der Waals surface area contributed by atoms with Gasteiger partial charge >= 0.3 is 5.97 Å². The summed E-state index contributed by atoms with van der Waals surface area (Å²) >= 11 is 1.54. The van der Waals surface area contributed by atoms with E-state index in [4.69, 9.17) is 9.26 Å². The van der Waals surface area contributed by atoms with E-state index in [1.54, 1.807) is 11.3 Å². The smallest absolute Gasteiger partial charge is 0.306 e. The van der Waals surface area contributed by atoms with E-state index in [1.165, 1.54) is 0 Å². The number of thiophene rings is 1. The molecule has 1 amide bonds. The number of aromatic nitrogens is 2. The number of aryl methyl sites for hydroxylation is 1. The van der Waals surface area contributed by atoms with Crippen LogP contribution < -0.4 is 5.32 Å². The Labute approximate surface area is 160 Å². The van der Waals surface area contributed by atoms with Gasteiger partial charge in [0, 0.05) is 23.9 Å². The van der Waals surface area contributed by atoms with Crippen LogP contribution in [0, 0.1) is 0 Å². The third-order valence-electron chi connectivity index (χ3n) is 3.73. The molecule has 2 heterocycles. The highest BCUT2D eigenvalue weighted by atomic mass is 32.1. The number of nitrogens with zero attached hydrogens (tertiary/aromatic N) is 2. The van der Waals surface area contributed by atoms with Crippen molar-refractivity contribution < 1.29 is 18.8 Å². The van der Waals surface area contributed by atoms with Crippen LogP contribution in [0.5, 0.6) is 0 Å². The molecule has 7 nitrogen and oxygen atoms in total. The largest absolute Gasteiger partial charge is 0.456 e. The molecule has 3 rings (SSSR count). The van der Waals surface area contributed by atoms with Crippen molar-refractivity contribution in [1.82, 2.24) is 15.5 Å². The fraction of sp³-hybridized carbons (Fsp3) is 0.263. The molecule has 0 aliphatic heterocycles. The first-order valence-corrected chi connectivity index (χ1v) is 9.46. The lowest BCUT2D eigenvalue weighted by Crippen LogP contribution is -2.30. The van der Waals surface area contributed by atoms with E-state index in [9.17, 15) is 9.59 Å². The van der Waals surface area contributed by atoms with Crippen LogP contribution in [0.2, 0.25) is 0 Å². The predicted molar refractivity (Wildman–Crippen MR) is 100 cm³/mol. The summed E-state index contributed by atoms with van der Waals surface area (Å²) in [5.74, 6) is 0.0539. The van der Waals surface area contributed by atoms with Gasteiger partial charge in [-0.3, -0.25) is 9.59 Å². The van der Waals surface area contributed by atoms with Crippen molar-refractivity contribution >= 4 is 23.2 Å². The lowest BCUT2D eigenvalue weighted by Gasteiger charge is -2.06. The minimum absolute atomic E-state index is 0.0720. The summed E-state index contributed by atoms with van der Waals surface area (Å²) in [6.45, 7) is 0.200. The van der Waals surface area contributed by atoms with Crippen LogP contribution in [0.4, 0.5) is 0 Å². The number of esters is 1. The van der Waals surface area contributed by atoms with Gasteiger partial charge in [-0.15, -0.1) is 0 Å². The zero-order valence-corrected chi connectivity index (χ0v) is 15.4. The van der Waals surface area contributed by atoms with E-state index in [1.807, 2.05) is 47.2 Å². The van der Waals surface area contributed by atoms with Gasteiger partial charge in [0.05, 0.1) is 6.42 Å². The SMILES string of the molecule is O=C(COC(=O)CCc1nc(-c2ccsc2)no1)NCCc1ccccc1. The molecule has 0 saturated carbocycles. The van der Waals surface area contributed by atoms with Crippen LogP contribution in [0.25, 0.3) is 11.4 Å². The minimum Gasteiger partial charge on any atom is -0.456 e.